The molecule has 0 unspecified atom stereocenters. The van der Waals surface area contributed by atoms with Crippen LogP contribution in [0, 0.1) is 23.0 Å². The molecule has 0 bridgehead atoms. The van der Waals surface area contributed by atoms with Crippen molar-refractivity contribution in [2.45, 2.75) is 32.0 Å². The lowest BCUT2D eigenvalue weighted by Crippen LogP contribution is -2.33. The number of thioether (sulfide) groups is 1. The second-order valence-electron chi connectivity index (χ2n) is 8.31. The van der Waals surface area contributed by atoms with Crippen LogP contribution in [0.3, 0.4) is 0 Å². The number of aromatic nitrogens is 3. The van der Waals surface area contributed by atoms with E-state index in [-0.39, 0.29) is 34.2 Å². The van der Waals surface area contributed by atoms with Gasteiger partial charge in [0.05, 0.1) is 27.3 Å². The number of nitro benzene ring substituents is 1. The van der Waals surface area contributed by atoms with E-state index in [1.807, 2.05) is 13.8 Å². The van der Waals surface area contributed by atoms with Crippen LogP contribution in [0.25, 0.3) is 0 Å². The normalized spacial score (nSPS) is 11.9. The average molecular weight is 551 g/mol. The highest BCUT2D eigenvalue weighted by Crippen LogP contribution is 2.27. The topological polar surface area (TPSA) is 132 Å². The molecule has 1 heterocycles. The summed E-state index contributed by atoms with van der Waals surface area (Å²) in [5.74, 6) is -0.119. The molecular weight excluding hydrogens is 527 g/mol. The lowest BCUT2D eigenvalue weighted by Gasteiger charge is -2.22. The first-order valence-electron chi connectivity index (χ1n) is 10.8. The summed E-state index contributed by atoms with van der Waals surface area (Å²) in [6.07, 6.45) is 0. The molecule has 36 heavy (non-hydrogen) atoms. The van der Waals surface area contributed by atoms with Crippen molar-refractivity contribution < 1.29 is 14.5 Å². The van der Waals surface area contributed by atoms with Gasteiger partial charge in [-0.25, -0.2) is 0 Å². The molecular formula is C23H24Cl2N6O4S. The van der Waals surface area contributed by atoms with Crippen molar-refractivity contribution >= 4 is 58.2 Å². The Morgan fingerprint density at radius 3 is 2.50 bits per heavy atom. The third kappa shape index (κ3) is 6.54. The number of aryl methyl sites for hydroxylation is 1. The second-order valence-corrected chi connectivity index (χ2v) is 10.1. The summed E-state index contributed by atoms with van der Waals surface area (Å²) in [6.45, 7) is 5.56. The molecule has 0 radical (unpaired) electrons. The fourth-order valence-electron chi connectivity index (χ4n) is 3.36. The van der Waals surface area contributed by atoms with Crippen molar-refractivity contribution in [2.75, 3.05) is 11.1 Å². The molecule has 3 rings (SSSR count). The van der Waals surface area contributed by atoms with Gasteiger partial charge in [0.15, 0.2) is 11.0 Å². The molecule has 1 aromatic heterocycles. The van der Waals surface area contributed by atoms with Gasteiger partial charge in [0, 0.05) is 29.9 Å². The molecule has 3 aromatic rings. The van der Waals surface area contributed by atoms with Crippen LogP contribution in [0.2, 0.25) is 10.0 Å². The van der Waals surface area contributed by atoms with Gasteiger partial charge in [0.25, 0.3) is 11.6 Å². The third-order valence-electron chi connectivity index (χ3n) is 5.30. The smallest absolute Gasteiger partial charge is 0.269 e. The Morgan fingerprint density at radius 1 is 1.17 bits per heavy atom. The zero-order valence-electron chi connectivity index (χ0n) is 19.9. The SMILES string of the molecule is Cc1cc([N+](=O)[O-])ccc1NC(=O)CSc1nnc([C@@H](NC(=O)c2ccc(Cl)cc2Cl)C(C)C)n1C. The Kier molecular flexibility index (Phi) is 8.93. The number of hydrogen-bond donors (Lipinski definition) is 2. The van der Waals surface area contributed by atoms with E-state index in [1.165, 1.54) is 36.0 Å². The van der Waals surface area contributed by atoms with E-state index < -0.39 is 11.0 Å². The quantitative estimate of drug-likeness (QED) is 0.212. The average Bonchev–Trinajstić information content (AvgIpc) is 3.16. The molecule has 190 valence electrons. The molecule has 0 aliphatic carbocycles. The van der Waals surface area contributed by atoms with E-state index in [9.17, 15) is 19.7 Å². The van der Waals surface area contributed by atoms with Crippen LogP contribution in [0.1, 0.15) is 41.6 Å². The molecule has 1 atom stereocenters. The van der Waals surface area contributed by atoms with Crippen molar-refractivity contribution in [3.05, 3.63) is 73.5 Å². The first kappa shape index (κ1) is 27.4. The molecule has 2 aromatic carbocycles. The minimum atomic E-state index is -0.489. The lowest BCUT2D eigenvalue weighted by molar-refractivity contribution is -0.384. The number of halogens is 2. The molecule has 10 nitrogen and oxygen atoms in total. The van der Waals surface area contributed by atoms with Gasteiger partial charge in [-0.3, -0.25) is 19.7 Å². The fourth-order valence-corrected chi connectivity index (χ4v) is 4.58. The van der Waals surface area contributed by atoms with Gasteiger partial charge in [-0.1, -0.05) is 48.8 Å². The number of non-ortho nitro benzene ring substituents is 1. The van der Waals surface area contributed by atoms with Crippen molar-refractivity contribution in [1.82, 2.24) is 20.1 Å². The van der Waals surface area contributed by atoms with Crippen LogP contribution in [0.15, 0.2) is 41.6 Å². The standard InChI is InChI=1S/C23H24Cl2N6O4S/c1-12(2)20(27-22(33)16-7-5-14(24)10-17(16)25)21-28-29-23(30(21)4)36-11-19(32)26-18-8-6-15(31(34)35)9-13(18)3/h5-10,12,20H,11H2,1-4H3,(H,26,32)(H,27,33)/t20-/m0/s1. The van der Waals surface area contributed by atoms with Crippen LogP contribution in [0.5, 0.6) is 0 Å². The van der Waals surface area contributed by atoms with Gasteiger partial charge < -0.3 is 15.2 Å². The number of nitro groups is 1. The van der Waals surface area contributed by atoms with Crippen LogP contribution in [0.4, 0.5) is 11.4 Å². The van der Waals surface area contributed by atoms with Crippen molar-refractivity contribution in [1.29, 1.82) is 0 Å². The molecule has 0 saturated heterocycles. The van der Waals surface area contributed by atoms with Gasteiger partial charge >= 0.3 is 0 Å². The van der Waals surface area contributed by atoms with E-state index in [0.717, 1.165) is 0 Å². The van der Waals surface area contributed by atoms with E-state index in [0.29, 0.717) is 32.8 Å². The summed E-state index contributed by atoms with van der Waals surface area (Å²) in [5.41, 5.74) is 1.33. The van der Waals surface area contributed by atoms with Gasteiger partial charge in [-0.05, 0) is 42.7 Å². The molecule has 2 N–H and O–H groups in total. The maximum absolute atomic E-state index is 12.9. The first-order chi connectivity index (χ1) is 17.0. The highest BCUT2D eigenvalue weighted by molar-refractivity contribution is 7.99. The number of anilines is 1. The number of amides is 2. The van der Waals surface area contributed by atoms with E-state index in [1.54, 1.807) is 30.7 Å². The predicted octanol–water partition coefficient (Wildman–Crippen LogP) is 5.20. The highest BCUT2D eigenvalue weighted by atomic mass is 35.5. The summed E-state index contributed by atoms with van der Waals surface area (Å²) < 4.78 is 1.73. The van der Waals surface area contributed by atoms with Crippen LogP contribution < -0.4 is 10.6 Å². The third-order valence-corrected chi connectivity index (χ3v) is 6.87. The second kappa shape index (κ2) is 11.7. The summed E-state index contributed by atoms with van der Waals surface area (Å²) in [5, 5.41) is 26.2. The summed E-state index contributed by atoms with van der Waals surface area (Å²) in [6, 6.07) is 8.42. The summed E-state index contributed by atoms with van der Waals surface area (Å²) >= 11 is 13.3. The van der Waals surface area contributed by atoms with Gasteiger partial charge in [-0.2, -0.15) is 0 Å². The minimum absolute atomic E-state index is 0.0193. The van der Waals surface area contributed by atoms with E-state index in [4.69, 9.17) is 23.2 Å². The Balaban J connectivity index is 1.68. The number of nitrogens with zero attached hydrogens (tertiary/aromatic N) is 4. The molecule has 0 fully saturated rings. The van der Waals surface area contributed by atoms with E-state index >= 15 is 0 Å². The van der Waals surface area contributed by atoms with Gasteiger partial charge in [0.1, 0.15) is 0 Å². The molecule has 0 aliphatic rings. The molecule has 0 spiro atoms. The fraction of sp³-hybridized carbons (Fsp3) is 0.304. The van der Waals surface area contributed by atoms with Crippen molar-refractivity contribution in [3.63, 3.8) is 0 Å². The first-order valence-corrected chi connectivity index (χ1v) is 12.5. The van der Waals surface area contributed by atoms with Crippen LogP contribution in [-0.2, 0) is 11.8 Å². The Labute approximate surface area is 221 Å². The maximum Gasteiger partial charge on any atom is 0.269 e. The highest BCUT2D eigenvalue weighted by Gasteiger charge is 2.26. The minimum Gasteiger partial charge on any atom is -0.342 e. The monoisotopic (exact) mass is 550 g/mol. The Hall–Kier alpha value is -3.15. The molecule has 13 heteroatoms. The van der Waals surface area contributed by atoms with Gasteiger partial charge in [-0.15, -0.1) is 10.2 Å². The summed E-state index contributed by atoms with van der Waals surface area (Å²) in [7, 11) is 1.76. The Morgan fingerprint density at radius 2 is 1.89 bits per heavy atom. The zero-order valence-corrected chi connectivity index (χ0v) is 22.2. The number of nitrogens with one attached hydrogen (secondary N) is 2. The Bertz CT molecular complexity index is 1310. The van der Waals surface area contributed by atoms with Gasteiger partial charge in [0.2, 0.25) is 5.91 Å². The largest absolute Gasteiger partial charge is 0.342 e. The molecule has 0 saturated carbocycles. The van der Waals surface area contributed by atoms with Crippen LogP contribution >= 0.6 is 35.0 Å². The number of hydrogen-bond acceptors (Lipinski definition) is 7. The van der Waals surface area contributed by atoms with Crippen molar-refractivity contribution in [2.24, 2.45) is 13.0 Å². The molecule has 0 aliphatic heterocycles. The summed E-state index contributed by atoms with van der Waals surface area (Å²) in [4.78, 5) is 35.7. The lowest BCUT2D eigenvalue weighted by atomic mass is 10.0. The number of benzene rings is 2. The van der Waals surface area contributed by atoms with Crippen molar-refractivity contribution in [3.8, 4) is 0 Å². The van der Waals surface area contributed by atoms with Crippen LogP contribution in [-0.4, -0.2) is 37.3 Å². The number of carbonyl (C=O) groups excluding carboxylic acids is 2. The number of carbonyl (C=O) groups is 2. The predicted molar refractivity (Wildman–Crippen MR) is 140 cm³/mol. The maximum atomic E-state index is 12.9. The molecule has 2 amide bonds. The van der Waals surface area contributed by atoms with E-state index in [2.05, 4.69) is 20.8 Å². The zero-order chi connectivity index (χ0) is 26.6. The number of rotatable bonds is 9.